The molecule has 0 saturated carbocycles. The zero-order valence-corrected chi connectivity index (χ0v) is 11.2. The zero-order chi connectivity index (χ0) is 13.1. The van der Waals surface area contributed by atoms with E-state index in [2.05, 4.69) is 18.8 Å². The molecule has 0 spiro atoms. The number of carbonyl (C=O) groups excluding carboxylic acids is 1. The van der Waals surface area contributed by atoms with Crippen molar-refractivity contribution in [3.63, 3.8) is 0 Å². The van der Waals surface area contributed by atoms with Crippen LogP contribution in [0.5, 0.6) is 0 Å². The Bertz CT molecular complexity index is 439. The molecule has 2 unspecified atom stereocenters. The minimum Gasteiger partial charge on any atom is -0.294 e. The Balaban J connectivity index is 2.08. The van der Waals surface area contributed by atoms with Crippen LogP contribution in [0, 0.1) is 5.92 Å². The largest absolute Gasteiger partial charge is 0.294 e. The lowest BCUT2D eigenvalue weighted by atomic mass is 10.0. The number of hydrogen-bond acceptors (Lipinski definition) is 2. The van der Waals surface area contributed by atoms with E-state index in [-0.39, 0.29) is 18.0 Å². The topological polar surface area (TPSA) is 32.7 Å². The Morgan fingerprint density at radius 1 is 1.22 bits per heavy atom. The first-order valence-electron chi connectivity index (χ1n) is 6.50. The Morgan fingerprint density at radius 2 is 1.89 bits per heavy atom. The lowest BCUT2D eigenvalue weighted by Crippen LogP contribution is -2.33. The Labute approximate surface area is 109 Å². The summed E-state index contributed by atoms with van der Waals surface area (Å²) in [5.74, 6) is 0.614. The van der Waals surface area contributed by atoms with Gasteiger partial charge in [0.25, 0.3) is 5.91 Å². The van der Waals surface area contributed by atoms with Crippen molar-refractivity contribution in [1.29, 1.82) is 0 Å². The van der Waals surface area contributed by atoms with Crippen LogP contribution in [-0.2, 0) is 4.79 Å². The highest BCUT2D eigenvalue weighted by Gasteiger charge is 2.31. The van der Waals surface area contributed by atoms with E-state index in [0.717, 1.165) is 12.0 Å². The standard InChI is InChI=1S/C15H20N2O/c1-11(2)9-14-15(18)17(10-16-14)12(3)13-7-5-4-6-8-13/h4-8,10-12,14H,9H2,1-3H3. The molecule has 1 aliphatic heterocycles. The fourth-order valence-electron chi connectivity index (χ4n) is 2.24. The van der Waals surface area contributed by atoms with E-state index < -0.39 is 0 Å². The molecule has 1 aromatic carbocycles. The molecule has 2 atom stereocenters. The van der Waals surface area contributed by atoms with E-state index in [4.69, 9.17) is 0 Å². The van der Waals surface area contributed by atoms with Gasteiger partial charge in [-0.3, -0.25) is 14.7 Å². The predicted molar refractivity (Wildman–Crippen MR) is 73.4 cm³/mol. The van der Waals surface area contributed by atoms with Gasteiger partial charge in [-0.1, -0.05) is 44.2 Å². The molecule has 0 N–H and O–H groups in total. The van der Waals surface area contributed by atoms with Gasteiger partial charge in [-0.2, -0.15) is 0 Å². The molecule has 3 nitrogen and oxygen atoms in total. The minimum atomic E-state index is -0.184. The lowest BCUT2D eigenvalue weighted by molar-refractivity contribution is -0.128. The second-order valence-corrected chi connectivity index (χ2v) is 5.24. The van der Waals surface area contributed by atoms with Crippen LogP contribution < -0.4 is 0 Å². The quantitative estimate of drug-likeness (QED) is 0.801. The van der Waals surface area contributed by atoms with Crippen molar-refractivity contribution in [2.45, 2.75) is 39.3 Å². The van der Waals surface area contributed by atoms with Crippen LogP contribution in [0.15, 0.2) is 35.3 Å². The van der Waals surface area contributed by atoms with Gasteiger partial charge >= 0.3 is 0 Å². The van der Waals surface area contributed by atoms with Crippen LogP contribution in [0.4, 0.5) is 0 Å². The number of rotatable bonds is 4. The molecule has 0 saturated heterocycles. The summed E-state index contributed by atoms with van der Waals surface area (Å²) in [6, 6.07) is 9.93. The molecule has 0 radical (unpaired) electrons. The smallest absolute Gasteiger partial charge is 0.253 e. The van der Waals surface area contributed by atoms with Gasteiger partial charge in [0.1, 0.15) is 6.04 Å². The molecule has 0 bridgehead atoms. The van der Waals surface area contributed by atoms with Gasteiger partial charge in [0.15, 0.2) is 0 Å². The first kappa shape index (κ1) is 12.8. The normalized spacial score (nSPS) is 20.8. The average molecular weight is 244 g/mol. The van der Waals surface area contributed by atoms with Gasteiger partial charge < -0.3 is 0 Å². The van der Waals surface area contributed by atoms with E-state index in [0.29, 0.717) is 5.92 Å². The van der Waals surface area contributed by atoms with Crippen LogP contribution in [0.2, 0.25) is 0 Å². The molecule has 18 heavy (non-hydrogen) atoms. The number of benzene rings is 1. The van der Waals surface area contributed by atoms with Crippen LogP contribution in [0.25, 0.3) is 0 Å². The van der Waals surface area contributed by atoms with Crippen LogP contribution in [0.1, 0.15) is 38.8 Å². The van der Waals surface area contributed by atoms with Crippen molar-refractivity contribution in [2.24, 2.45) is 10.9 Å². The maximum absolute atomic E-state index is 12.3. The third kappa shape index (κ3) is 2.61. The first-order valence-corrected chi connectivity index (χ1v) is 6.50. The van der Waals surface area contributed by atoms with Crippen molar-refractivity contribution >= 4 is 12.2 Å². The summed E-state index contributed by atoms with van der Waals surface area (Å²) < 4.78 is 0. The highest BCUT2D eigenvalue weighted by molar-refractivity contribution is 5.97. The molecular weight excluding hydrogens is 224 g/mol. The molecule has 1 heterocycles. The van der Waals surface area contributed by atoms with Gasteiger partial charge in [0, 0.05) is 0 Å². The number of nitrogens with zero attached hydrogens (tertiary/aromatic N) is 2. The SMILES string of the molecule is CC(C)CC1N=CN(C(C)c2ccccc2)C1=O. The molecule has 0 fully saturated rings. The van der Waals surface area contributed by atoms with E-state index >= 15 is 0 Å². The van der Waals surface area contributed by atoms with Crippen LogP contribution in [0.3, 0.4) is 0 Å². The monoisotopic (exact) mass is 244 g/mol. The van der Waals surface area contributed by atoms with Crippen molar-refractivity contribution < 1.29 is 4.79 Å². The molecule has 1 aromatic rings. The molecule has 3 heteroatoms. The minimum absolute atomic E-state index is 0.0552. The summed E-state index contributed by atoms with van der Waals surface area (Å²) in [6.45, 7) is 6.27. The maximum Gasteiger partial charge on any atom is 0.253 e. The highest BCUT2D eigenvalue weighted by atomic mass is 16.2. The van der Waals surface area contributed by atoms with Gasteiger partial charge in [-0.05, 0) is 24.8 Å². The van der Waals surface area contributed by atoms with Crippen molar-refractivity contribution in [1.82, 2.24) is 4.90 Å². The van der Waals surface area contributed by atoms with E-state index in [1.54, 1.807) is 11.2 Å². The van der Waals surface area contributed by atoms with Gasteiger partial charge in [0.05, 0.1) is 12.4 Å². The lowest BCUT2D eigenvalue weighted by Gasteiger charge is -2.23. The third-order valence-electron chi connectivity index (χ3n) is 3.30. The van der Waals surface area contributed by atoms with E-state index in [1.807, 2.05) is 37.3 Å². The predicted octanol–water partition coefficient (Wildman–Crippen LogP) is 3.03. The molecule has 0 aliphatic carbocycles. The molecule has 0 aromatic heterocycles. The Hall–Kier alpha value is -1.64. The van der Waals surface area contributed by atoms with Crippen LogP contribution in [-0.4, -0.2) is 23.2 Å². The van der Waals surface area contributed by atoms with Crippen molar-refractivity contribution in [3.05, 3.63) is 35.9 Å². The summed E-state index contributed by atoms with van der Waals surface area (Å²) in [4.78, 5) is 18.3. The van der Waals surface area contributed by atoms with E-state index in [9.17, 15) is 4.79 Å². The molecule has 96 valence electrons. The highest BCUT2D eigenvalue weighted by Crippen LogP contribution is 2.24. The van der Waals surface area contributed by atoms with E-state index in [1.165, 1.54) is 0 Å². The summed E-state index contributed by atoms with van der Waals surface area (Å²) >= 11 is 0. The van der Waals surface area contributed by atoms with Crippen molar-refractivity contribution in [2.75, 3.05) is 0 Å². The van der Waals surface area contributed by atoms with Gasteiger partial charge in [-0.15, -0.1) is 0 Å². The maximum atomic E-state index is 12.3. The number of amides is 1. The molecular formula is C15H20N2O. The summed E-state index contributed by atoms with van der Waals surface area (Å²) in [5.41, 5.74) is 1.14. The molecule has 1 amide bonds. The second kappa shape index (κ2) is 5.34. The summed E-state index contributed by atoms with van der Waals surface area (Å²) in [5, 5.41) is 0. The Morgan fingerprint density at radius 3 is 2.50 bits per heavy atom. The third-order valence-corrected chi connectivity index (χ3v) is 3.30. The second-order valence-electron chi connectivity index (χ2n) is 5.24. The number of hydrogen-bond donors (Lipinski definition) is 0. The molecule has 2 rings (SSSR count). The van der Waals surface area contributed by atoms with Crippen molar-refractivity contribution in [3.8, 4) is 0 Å². The fraction of sp³-hybridized carbons (Fsp3) is 0.467. The summed E-state index contributed by atoms with van der Waals surface area (Å²) in [7, 11) is 0. The number of carbonyl (C=O) groups is 1. The zero-order valence-electron chi connectivity index (χ0n) is 11.2. The Kier molecular flexibility index (Phi) is 3.80. The fourth-order valence-corrected chi connectivity index (χ4v) is 2.24. The van der Waals surface area contributed by atoms with Gasteiger partial charge in [0.2, 0.25) is 0 Å². The average Bonchev–Trinajstić information content (AvgIpc) is 2.71. The number of aliphatic imine (C=N–C) groups is 1. The first-order chi connectivity index (χ1) is 8.59. The molecule has 1 aliphatic rings. The van der Waals surface area contributed by atoms with Gasteiger partial charge in [-0.25, -0.2) is 0 Å². The van der Waals surface area contributed by atoms with Crippen LogP contribution >= 0.6 is 0 Å². The summed E-state index contributed by atoms with van der Waals surface area (Å²) in [6.07, 6.45) is 2.53.